The maximum absolute atomic E-state index is 15.4. The van der Waals surface area contributed by atoms with Crippen molar-refractivity contribution in [2.75, 3.05) is 7.11 Å². The third kappa shape index (κ3) is 9.04. The number of carbonyl (C=O) groups is 1. The Labute approximate surface area is 348 Å². The van der Waals surface area contributed by atoms with Crippen molar-refractivity contribution >= 4 is 29.0 Å². The van der Waals surface area contributed by atoms with Gasteiger partial charge in [-0.15, -0.1) is 0 Å². The summed E-state index contributed by atoms with van der Waals surface area (Å²) < 4.78 is 68.2. The summed E-state index contributed by atoms with van der Waals surface area (Å²) in [6.45, 7) is 3.61. The summed E-state index contributed by atoms with van der Waals surface area (Å²) >= 11 is 0. The number of aliphatic hydroxyl groups is 1. The minimum Gasteiger partial charge on any atom is -1.00 e. The van der Waals surface area contributed by atoms with Crippen molar-refractivity contribution in [1.82, 2.24) is 19.1 Å². The van der Waals surface area contributed by atoms with E-state index < -0.39 is 16.9 Å². The van der Waals surface area contributed by atoms with Crippen LogP contribution >= 0.6 is 0 Å². The van der Waals surface area contributed by atoms with E-state index in [9.17, 15) is 18.7 Å². The summed E-state index contributed by atoms with van der Waals surface area (Å²) in [5, 5.41) is 10.2. The van der Waals surface area contributed by atoms with Crippen molar-refractivity contribution in [3.63, 3.8) is 0 Å². The molecular formula is C42H51BrF4MgN4O3. The zero-order valence-corrected chi connectivity index (χ0v) is 35.2. The number of benzene rings is 2. The molecular weight excluding hydrogens is 789 g/mol. The fourth-order valence-electron chi connectivity index (χ4n) is 9.24. The number of fused-ring (bicyclic) bond motifs is 6. The number of carbonyl (C=O) groups excluding carboxylic acids is 1. The largest absolute Gasteiger partial charge is 2.00 e. The molecule has 4 aliphatic rings. The molecule has 0 spiro atoms. The van der Waals surface area contributed by atoms with Crippen LogP contribution in [0.1, 0.15) is 114 Å². The van der Waals surface area contributed by atoms with Crippen molar-refractivity contribution in [1.29, 1.82) is 0 Å². The predicted octanol–water partition coefficient (Wildman–Crippen LogP) is 6.56. The average Bonchev–Trinajstić information content (AvgIpc) is 3.90. The first kappa shape index (κ1) is 45.0. The van der Waals surface area contributed by atoms with Crippen molar-refractivity contribution in [2.24, 2.45) is 11.8 Å². The van der Waals surface area contributed by atoms with Gasteiger partial charge >= 0.3 is 29.0 Å². The molecule has 2 aliphatic heterocycles. The van der Waals surface area contributed by atoms with E-state index >= 15 is 8.78 Å². The van der Waals surface area contributed by atoms with E-state index in [4.69, 9.17) is 4.74 Å². The fourth-order valence-corrected chi connectivity index (χ4v) is 9.24. The van der Waals surface area contributed by atoms with Crippen LogP contribution in [0.5, 0.6) is 0 Å². The van der Waals surface area contributed by atoms with Crippen LogP contribution in [0.3, 0.4) is 0 Å². The Morgan fingerprint density at radius 3 is 1.64 bits per heavy atom. The predicted molar refractivity (Wildman–Crippen MR) is 202 cm³/mol. The van der Waals surface area contributed by atoms with E-state index in [0.29, 0.717) is 88.2 Å². The number of aromatic nitrogens is 4. The van der Waals surface area contributed by atoms with Gasteiger partial charge in [-0.25, -0.2) is 27.5 Å². The topological polar surface area (TPSA) is 82.2 Å². The minimum atomic E-state index is -1.31. The van der Waals surface area contributed by atoms with Crippen LogP contribution in [0.15, 0.2) is 61.4 Å². The molecule has 13 heteroatoms. The molecule has 1 N–H and O–H groups in total. The van der Waals surface area contributed by atoms with E-state index in [0.717, 1.165) is 22.5 Å². The first-order valence-electron chi connectivity index (χ1n) is 18.6. The van der Waals surface area contributed by atoms with E-state index in [2.05, 4.69) is 9.97 Å². The second kappa shape index (κ2) is 17.8. The molecule has 2 atom stereocenters. The Kier molecular flexibility index (Phi) is 14.6. The molecule has 2 aromatic carbocycles. The summed E-state index contributed by atoms with van der Waals surface area (Å²) in [4.78, 5) is 20.0. The number of imidazole rings is 2. The Morgan fingerprint density at radius 1 is 0.818 bits per heavy atom. The summed E-state index contributed by atoms with van der Waals surface area (Å²) in [5.41, 5.74) is 1.52. The molecule has 0 saturated heterocycles. The molecule has 8 rings (SSSR count). The van der Waals surface area contributed by atoms with Gasteiger partial charge in [0.2, 0.25) is 0 Å². The SMILES string of the molecule is CC(C)(O)C1CCC(F)(CCC2c3c(F)cccc3-c3cncn32)CC1.COC(=O)C1CCC(F)(CCC2c3c(F)cccc3-c3cncn32)CC1.[Br-].[CH3-].[Mg+2]. The first-order chi connectivity index (χ1) is 24.8. The molecule has 2 aliphatic carbocycles. The maximum atomic E-state index is 15.4. The van der Waals surface area contributed by atoms with Gasteiger partial charge in [0.1, 0.15) is 23.0 Å². The monoisotopic (exact) mass is 838 g/mol. The number of methoxy groups -OCH3 is 1. The molecule has 2 saturated carbocycles. The minimum absolute atomic E-state index is 0. The van der Waals surface area contributed by atoms with Crippen LogP contribution < -0.4 is 17.0 Å². The van der Waals surface area contributed by atoms with Crippen LogP contribution in [-0.2, 0) is 9.53 Å². The smallest absolute Gasteiger partial charge is 1.00 e. The molecule has 4 aromatic rings. The second-order valence-electron chi connectivity index (χ2n) is 15.9. The van der Waals surface area contributed by atoms with Crippen molar-refractivity contribution in [2.45, 2.75) is 120 Å². The van der Waals surface area contributed by atoms with Gasteiger partial charge in [-0.1, -0.05) is 24.3 Å². The van der Waals surface area contributed by atoms with Gasteiger partial charge in [-0.05, 0) is 109 Å². The van der Waals surface area contributed by atoms with E-state index in [1.54, 1.807) is 37.2 Å². The molecule has 0 amide bonds. The Balaban J connectivity index is 0.000000232. The fraction of sp³-hybridized carbons (Fsp3) is 0.524. The number of nitrogens with zero attached hydrogens (tertiary/aromatic N) is 4. The standard InChI is InChI=1S/C21H26F2N2O.C20H22F2N2O2.CH3.BrH.Mg/c1-20(2,26)14-6-9-21(23,10-7-14)11-8-17-19-15(4-3-5-16(19)22)18-12-24-13-25(17)18;1-26-19(25)13-5-8-20(22,9-6-13)10-7-16-18-14(3-2-4-15(18)21)17-11-23-12-24(16)17;;;/h3-5,12-14,17,26H,6-11H2,1-2H3;2-4,11-13,16H,5-10H2,1H3;1H3;1H;/q;;-1;;+2/p-1. The number of halogens is 5. The molecule has 0 radical (unpaired) electrons. The molecule has 55 heavy (non-hydrogen) atoms. The number of hydrogen-bond acceptors (Lipinski definition) is 5. The molecule has 7 nitrogen and oxygen atoms in total. The van der Waals surface area contributed by atoms with Gasteiger partial charge in [0.25, 0.3) is 0 Å². The molecule has 2 aromatic heterocycles. The van der Waals surface area contributed by atoms with Crippen molar-refractivity contribution in [3.05, 3.63) is 91.6 Å². The normalized spacial score (nSPS) is 26.0. The summed E-state index contributed by atoms with van der Waals surface area (Å²) in [6.07, 6.45) is 12.8. The van der Waals surface area contributed by atoms with Gasteiger partial charge < -0.3 is 43.4 Å². The molecule has 2 fully saturated rings. The second-order valence-corrected chi connectivity index (χ2v) is 15.9. The summed E-state index contributed by atoms with van der Waals surface area (Å²) in [6, 6.07) is 9.72. The molecule has 2 unspecified atom stereocenters. The zero-order chi connectivity index (χ0) is 36.8. The van der Waals surface area contributed by atoms with Gasteiger partial charge in [-0.2, -0.15) is 0 Å². The maximum Gasteiger partial charge on any atom is 2.00 e. The van der Waals surface area contributed by atoms with Crippen LogP contribution in [0.25, 0.3) is 22.5 Å². The first-order valence-corrected chi connectivity index (χ1v) is 18.6. The Morgan fingerprint density at radius 2 is 1.24 bits per heavy atom. The summed E-state index contributed by atoms with van der Waals surface area (Å²) in [7, 11) is 1.37. The zero-order valence-electron chi connectivity index (χ0n) is 32.2. The van der Waals surface area contributed by atoms with Crippen LogP contribution in [0.2, 0.25) is 0 Å². The van der Waals surface area contributed by atoms with Crippen LogP contribution in [-0.4, -0.2) is 77.3 Å². The van der Waals surface area contributed by atoms with E-state index in [1.807, 2.05) is 35.1 Å². The van der Waals surface area contributed by atoms with Crippen LogP contribution in [0, 0.1) is 30.9 Å². The van der Waals surface area contributed by atoms with Gasteiger partial charge in [-0.3, -0.25) is 4.79 Å². The Hall–Kier alpha value is -2.74. The molecule has 4 heterocycles. The van der Waals surface area contributed by atoms with E-state index in [1.165, 1.54) is 19.2 Å². The quantitative estimate of drug-likeness (QED) is 0.0942. The number of hydrogen-bond donors (Lipinski definition) is 1. The van der Waals surface area contributed by atoms with Gasteiger partial charge in [0.05, 0.1) is 67.1 Å². The Bertz CT molecular complexity index is 1910. The average molecular weight is 840 g/mol. The number of esters is 1. The van der Waals surface area contributed by atoms with Gasteiger partial charge in [0.15, 0.2) is 0 Å². The third-order valence-electron chi connectivity index (χ3n) is 12.4. The number of ether oxygens (including phenoxy) is 1. The molecule has 0 bridgehead atoms. The number of rotatable bonds is 8. The molecule has 294 valence electrons. The van der Waals surface area contributed by atoms with Crippen molar-refractivity contribution < 1.29 is 49.2 Å². The van der Waals surface area contributed by atoms with Crippen molar-refractivity contribution in [3.8, 4) is 22.5 Å². The van der Waals surface area contributed by atoms with Crippen LogP contribution in [0.4, 0.5) is 17.6 Å². The van der Waals surface area contributed by atoms with E-state index in [-0.39, 0.29) is 89.0 Å². The summed E-state index contributed by atoms with van der Waals surface area (Å²) in [5.74, 6) is -0.777. The third-order valence-corrected chi connectivity index (χ3v) is 12.4. The van der Waals surface area contributed by atoms with Gasteiger partial charge in [0, 0.05) is 22.3 Å². The number of alkyl halides is 2.